The third kappa shape index (κ3) is 4.03. The first-order valence-corrected chi connectivity index (χ1v) is 10.2. The number of benzene rings is 1. The third-order valence-electron chi connectivity index (χ3n) is 5.54. The average molecular weight is 496 g/mol. The van der Waals surface area contributed by atoms with Crippen LogP contribution < -0.4 is 21.5 Å². The van der Waals surface area contributed by atoms with Gasteiger partial charge in [0.1, 0.15) is 0 Å². The molecule has 0 bridgehead atoms. The summed E-state index contributed by atoms with van der Waals surface area (Å²) in [4.78, 5) is 54.7. The highest BCUT2D eigenvalue weighted by atomic mass is 19.4. The van der Waals surface area contributed by atoms with Gasteiger partial charge in [-0.2, -0.15) is 18.2 Å². The number of hydrogen-bond acceptors (Lipinski definition) is 8. The number of esters is 1. The molecule has 2 N–H and O–H groups in total. The highest BCUT2D eigenvalue weighted by molar-refractivity contribution is 5.93. The lowest BCUT2D eigenvalue weighted by molar-refractivity contribution is -0.205. The number of carbonyl (C=O) groups excluding carboxylic acids is 1. The molecule has 12 nitrogen and oxygen atoms in total. The molecular weight excluding hydrogens is 477 g/mol. The van der Waals surface area contributed by atoms with E-state index in [4.69, 9.17) is 0 Å². The van der Waals surface area contributed by atoms with Crippen molar-refractivity contribution in [2.45, 2.75) is 12.4 Å². The molecule has 15 heteroatoms. The Kier molecular flexibility index (Phi) is 5.88. The van der Waals surface area contributed by atoms with Gasteiger partial charge in [0.2, 0.25) is 5.95 Å². The summed E-state index contributed by atoms with van der Waals surface area (Å²) in [6.07, 6.45) is -6.75. The lowest BCUT2D eigenvalue weighted by atomic mass is 10.1. The number of ether oxygens (including phenoxy) is 1. The fourth-order valence-corrected chi connectivity index (χ4v) is 3.86. The fourth-order valence-electron chi connectivity index (χ4n) is 3.86. The summed E-state index contributed by atoms with van der Waals surface area (Å²) in [5.41, 5.74) is -2.09. The maximum absolute atomic E-state index is 13.1. The van der Waals surface area contributed by atoms with Crippen LogP contribution in [0.4, 0.5) is 19.1 Å². The molecule has 1 saturated heterocycles. The maximum Gasteiger partial charge on any atom is 0.491 e. The first-order chi connectivity index (χ1) is 16.4. The molecule has 1 aliphatic heterocycles. The molecule has 0 aliphatic carbocycles. The molecule has 186 valence electrons. The number of imidazole rings is 1. The molecule has 35 heavy (non-hydrogen) atoms. The number of piperazine rings is 1. The van der Waals surface area contributed by atoms with Crippen molar-refractivity contribution in [2.24, 2.45) is 14.1 Å². The molecule has 4 rings (SSSR count). The van der Waals surface area contributed by atoms with Crippen LogP contribution in [0.3, 0.4) is 0 Å². The third-order valence-corrected chi connectivity index (χ3v) is 5.54. The first-order valence-electron chi connectivity index (χ1n) is 10.2. The lowest BCUT2D eigenvalue weighted by Crippen LogP contribution is -2.55. The molecule has 0 amide bonds. The number of halogens is 3. The summed E-state index contributed by atoms with van der Waals surface area (Å²) in [5.74, 6) is -3.93. The molecule has 3 aromatic rings. The Morgan fingerprint density at radius 2 is 1.86 bits per heavy atom. The smallest absolute Gasteiger partial charge is 0.478 e. The standard InChI is InChI=1S/C20H19F3N6O6/c1-26-14-13(15(30)27(2)19(26)34)29(11-6-4-3-5-10(11)16(31)32)18(25-14)28-8-7-24-9-12(28)35-17(33)20(21,22)23/h3-6,12,24H,7-9H2,1-2H3,(H,31,32). The van der Waals surface area contributed by atoms with Crippen LogP contribution in [0.25, 0.3) is 16.9 Å². The molecule has 1 aromatic carbocycles. The van der Waals surface area contributed by atoms with Gasteiger partial charge >= 0.3 is 23.8 Å². The Labute approximate surface area is 193 Å². The van der Waals surface area contributed by atoms with Crippen LogP contribution in [-0.4, -0.2) is 67.8 Å². The van der Waals surface area contributed by atoms with Gasteiger partial charge in [0.25, 0.3) is 5.56 Å². The van der Waals surface area contributed by atoms with Gasteiger partial charge in [0.05, 0.1) is 17.8 Å². The van der Waals surface area contributed by atoms with E-state index in [0.29, 0.717) is 0 Å². The van der Waals surface area contributed by atoms with Gasteiger partial charge < -0.3 is 20.1 Å². The number of nitrogens with one attached hydrogen (secondary N) is 1. The van der Waals surface area contributed by atoms with Gasteiger partial charge in [-0.3, -0.25) is 18.5 Å². The quantitative estimate of drug-likeness (QED) is 0.476. The number of hydrogen-bond donors (Lipinski definition) is 2. The highest BCUT2D eigenvalue weighted by Gasteiger charge is 2.44. The van der Waals surface area contributed by atoms with E-state index in [1.165, 1.54) is 43.3 Å². The van der Waals surface area contributed by atoms with Crippen molar-refractivity contribution in [3.8, 4) is 5.69 Å². The monoisotopic (exact) mass is 496 g/mol. The summed E-state index contributed by atoms with van der Waals surface area (Å²) in [5, 5.41) is 12.5. The predicted octanol–water partition coefficient (Wildman–Crippen LogP) is -0.0377. The van der Waals surface area contributed by atoms with Gasteiger partial charge in [0, 0.05) is 27.2 Å². The van der Waals surface area contributed by atoms with Gasteiger partial charge in [-0.05, 0) is 12.1 Å². The van der Waals surface area contributed by atoms with Crippen molar-refractivity contribution in [1.29, 1.82) is 0 Å². The molecule has 2 aromatic heterocycles. The van der Waals surface area contributed by atoms with Gasteiger partial charge in [-0.25, -0.2) is 14.4 Å². The van der Waals surface area contributed by atoms with Crippen molar-refractivity contribution in [2.75, 3.05) is 24.5 Å². The van der Waals surface area contributed by atoms with Crippen molar-refractivity contribution < 1.29 is 32.6 Å². The number of carboxylic acids is 1. The van der Waals surface area contributed by atoms with E-state index < -0.39 is 35.6 Å². The van der Waals surface area contributed by atoms with Crippen LogP contribution in [0.1, 0.15) is 10.4 Å². The minimum atomic E-state index is -5.25. The summed E-state index contributed by atoms with van der Waals surface area (Å²) < 4.78 is 46.4. The Morgan fingerprint density at radius 3 is 2.51 bits per heavy atom. The molecule has 1 atom stereocenters. The van der Waals surface area contributed by atoms with Crippen molar-refractivity contribution >= 4 is 29.1 Å². The van der Waals surface area contributed by atoms with Crippen LogP contribution in [0.15, 0.2) is 33.9 Å². The molecular formula is C20H19F3N6O6. The number of aromatic carboxylic acids is 1. The number of carbonyl (C=O) groups is 2. The van der Waals surface area contributed by atoms with Crippen LogP contribution >= 0.6 is 0 Å². The summed E-state index contributed by atoms with van der Waals surface area (Å²) in [7, 11) is 2.57. The average Bonchev–Trinajstić information content (AvgIpc) is 3.21. The number of para-hydroxylation sites is 1. The number of nitrogens with zero attached hydrogens (tertiary/aromatic N) is 5. The number of fused-ring (bicyclic) bond motifs is 1. The summed E-state index contributed by atoms with van der Waals surface area (Å²) >= 11 is 0. The molecule has 1 aliphatic rings. The lowest BCUT2D eigenvalue weighted by Gasteiger charge is -2.36. The molecule has 0 spiro atoms. The Balaban J connectivity index is 2.04. The van der Waals surface area contributed by atoms with Crippen LogP contribution in [0.5, 0.6) is 0 Å². The maximum atomic E-state index is 13.1. The van der Waals surface area contributed by atoms with Gasteiger partial charge in [-0.1, -0.05) is 12.1 Å². The van der Waals surface area contributed by atoms with Crippen LogP contribution in [0, 0.1) is 0 Å². The molecule has 1 unspecified atom stereocenters. The number of anilines is 1. The fraction of sp³-hybridized carbons (Fsp3) is 0.350. The van der Waals surface area contributed by atoms with Crippen molar-refractivity contribution in [1.82, 2.24) is 24.0 Å². The van der Waals surface area contributed by atoms with E-state index in [1.54, 1.807) is 0 Å². The Morgan fingerprint density at radius 1 is 1.17 bits per heavy atom. The zero-order valence-corrected chi connectivity index (χ0v) is 18.4. The van der Waals surface area contributed by atoms with Crippen LogP contribution in [0.2, 0.25) is 0 Å². The highest BCUT2D eigenvalue weighted by Crippen LogP contribution is 2.29. The zero-order valence-electron chi connectivity index (χ0n) is 18.4. The number of aromatic nitrogens is 4. The largest absolute Gasteiger partial charge is 0.491 e. The number of rotatable bonds is 4. The number of carboxylic acid groups (broad SMARTS) is 1. The Bertz CT molecular complexity index is 1460. The van der Waals surface area contributed by atoms with Crippen molar-refractivity contribution in [3.63, 3.8) is 0 Å². The molecule has 0 saturated carbocycles. The van der Waals surface area contributed by atoms with Crippen LogP contribution in [-0.2, 0) is 23.6 Å². The first kappa shape index (κ1) is 24.0. The number of aryl methyl sites for hydroxylation is 1. The topological polar surface area (TPSA) is 141 Å². The van der Waals surface area contributed by atoms with E-state index in [0.717, 1.165) is 13.7 Å². The molecule has 3 heterocycles. The van der Waals surface area contributed by atoms with E-state index >= 15 is 0 Å². The normalized spacial score (nSPS) is 16.5. The molecule has 1 fully saturated rings. The molecule has 0 radical (unpaired) electrons. The van der Waals surface area contributed by atoms with E-state index in [-0.39, 0.29) is 48.0 Å². The van der Waals surface area contributed by atoms with E-state index in [2.05, 4.69) is 15.0 Å². The zero-order chi connectivity index (χ0) is 25.7. The second-order valence-electron chi connectivity index (χ2n) is 7.70. The Hall–Kier alpha value is -4.14. The summed E-state index contributed by atoms with van der Waals surface area (Å²) in [6.45, 7) is 0.0337. The predicted molar refractivity (Wildman–Crippen MR) is 115 cm³/mol. The summed E-state index contributed by atoms with van der Waals surface area (Å²) in [6, 6.07) is 5.62. The van der Waals surface area contributed by atoms with Gasteiger partial charge in [0.15, 0.2) is 17.4 Å². The minimum Gasteiger partial charge on any atom is -0.478 e. The van der Waals surface area contributed by atoms with E-state index in [1.807, 2.05) is 0 Å². The minimum absolute atomic E-state index is 0.0113. The van der Waals surface area contributed by atoms with Gasteiger partial charge in [-0.15, -0.1) is 0 Å². The van der Waals surface area contributed by atoms with Crippen molar-refractivity contribution in [3.05, 3.63) is 50.7 Å². The number of alkyl halides is 3. The SMILES string of the molecule is Cn1c(=O)c2c(nc(N3CCNCC3OC(=O)C(F)(F)F)n2-c2ccccc2C(=O)O)n(C)c1=O. The van der Waals surface area contributed by atoms with E-state index in [9.17, 15) is 37.5 Å². The second-order valence-corrected chi connectivity index (χ2v) is 7.70. The second kappa shape index (κ2) is 8.57.